The molecule has 1 aliphatic rings. The van der Waals surface area contributed by atoms with Crippen LogP contribution in [0.2, 0.25) is 0 Å². The van der Waals surface area contributed by atoms with Crippen molar-refractivity contribution in [2.45, 2.75) is 25.8 Å². The van der Waals surface area contributed by atoms with Crippen molar-refractivity contribution in [1.29, 1.82) is 0 Å². The lowest BCUT2D eigenvalue weighted by Gasteiger charge is -2.32. The Kier molecular flexibility index (Phi) is 5.68. The molecule has 1 saturated heterocycles. The summed E-state index contributed by atoms with van der Waals surface area (Å²) < 4.78 is 31.9. The number of piperidine rings is 1. The smallest absolute Gasteiger partial charge is 0.257 e. The van der Waals surface area contributed by atoms with Crippen LogP contribution < -0.4 is 10.2 Å². The molecule has 162 valence electrons. The molecule has 0 aliphatic carbocycles. The third-order valence-electron chi connectivity index (χ3n) is 5.50. The van der Waals surface area contributed by atoms with E-state index >= 15 is 0 Å². The summed E-state index contributed by atoms with van der Waals surface area (Å²) in [4.78, 5) is 28.0. The van der Waals surface area contributed by atoms with Gasteiger partial charge in [0.1, 0.15) is 5.76 Å². The summed E-state index contributed by atoms with van der Waals surface area (Å²) in [5.74, 6) is 0.158. The van der Waals surface area contributed by atoms with E-state index in [0.717, 1.165) is 11.8 Å². The quantitative estimate of drug-likeness (QED) is 0.673. The first-order valence-corrected chi connectivity index (χ1v) is 12.0. The summed E-state index contributed by atoms with van der Waals surface area (Å²) >= 11 is 0. The molecule has 7 nitrogen and oxygen atoms in total. The van der Waals surface area contributed by atoms with E-state index in [9.17, 15) is 18.0 Å². The Morgan fingerprint density at radius 1 is 1.13 bits per heavy atom. The molecule has 0 radical (unpaired) electrons. The lowest BCUT2D eigenvalue weighted by molar-refractivity contribution is 0.0704. The molecular formula is C23H24N2O5S. The van der Waals surface area contributed by atoms with Crippen LogP contribution in [0.15, 0.2) is 57.7 Å². The molecular weight excluding hydrogens is 416 g/mol. The molecule has 2 heterocycles. The van der Waals surface area contributed by atoms with Gasteiger partial charge in [0.15, 0.2) is 11.0 Å². The minimum atomic E-state index is -3.37. The largest absolute Gasteiger partial charge is 0.455 e. The Morgan fingerprint density at radius 2 is 1.87 bits per heavy atom. The van der Waals surface area contributed by atoms with Gasteiger partial charge >= 0.3 is 0 Å². The van der Waals surface area contributed by atoms with Gasteiger partial charge in [-0.15, -0.1) is 0 Å². The summed E-state index contributed by atoms with van der Waals surface area (Å²) in [5.41, 5.74) is 1.62. The molecule has 1 N–H and O–H groups in total. The number of carbonyl (C=O) groups is 1. The van der Waals surface area contributed by atoms with Crippen molar-refractivity contribution in [1.82, 2.24) is 9.62 Å². The van der Waals surface area contributed by atoms with Gasteiger partial charge in [-0.3, -0.25) is 9.59 Å². The number of nitrogens with one attached hydrogen (secondary N) is 1. The molecule has 1 unspecified atom stereocenters. The third-order valence-corrected chi connectivity index (χ3v) is 6.26. The van der Waals surface area contributed by atoms with Gasteiger partial charge in [-0.25, -0.2) is 13.1 Å². The van der Waals surface area contributed by atoms with E-state index in [2.05, 4.69) is 4.72 Å². The van der Waals surface area contributed by atoms with Gasteiger partial charge in [-0.2, -0.15) is 0 Å². The number of nitrogens with zero attached hydrogens (tertiary/aromatic N) is 1. The highest BCUT2D eigenvalue weighted by atomic mass is 32.2. The molecule has 3 aromatic rings. The molecule has 1 aliphatic heterocycles. The van der Waals surface area contributed by atoms with E-state index in [1.165, 1.54) is 0 Å². The van der Waals surface area contributed by atoms with Crippen LogP contribution >= 0.6 is 0 Å². The predicted octanol–water partition coefficient (Wildman–Crippen LogP) is 2.92. The van der Waals surface area contributed by atoms with Crippen LogP contribution in [-0.4, -0.2) is 44.6 Å². The van der Waals surface area contributed by atoms with Crippen LogP contribution in [0, 0.1) is 6.92 Å². The van der Waals surface area contributed by atoms with Crippen LogP contribution in [0.25, 0.3) is 22.3 Å². The van der Waals surface area contributed by atoms with Gasteiger partial charge in [0.05, 0.1) is 17.2 Å². The standard InChI is InChI=1S/C23H24N2O5S/c1-15-20(26)18-11-6-12-19(22(18)30-21(15)16-8-4-3-5-9-16)23(27)25-13-7-10-17(14-25)24-31(2,28)29/h3-6,8-9,11-12,17,24H,7,10,13-14H2,1-2H3. The van der Waals surface area contributed by atoms with E-state index in [-0.39, 0.29) is 29.5 Å². The molecule has 2 aromatic carbocycles. The SMILES string of the molecule is Cc1c(-c2ccccc2)oc2c(C(=O)N3CCCC(NS(C)(=O)=O)C3)cccc2c1=O. The second-order valence-corrected chi connectivity index (χ2v) is 9.69. The average molecular weight is 441 g/mol. The lowest BCUT2D eigenvalue weighted by atomic mass is 10.0. The summed E-state index contributed by atoms with van der Waals surface area (Å²) in [6.45, 7) is 2.50. The third kappa shape index (κ3) is 4.40. The minimum absolute atomic E-state index is 0.176. The van der Waals surface area contributed by atoms with E-state index in [4.69, 9.17) is 4.42 Å². The van der Waals surface area contributed by atoms with Crippen molar-refractivity contribution in [3.05, 3.63) is 69.9 Å². The molecule has 1 aromatic heterocycles. The zero-order chi connectivity index (χ0) is 22.2. The number of sulfonamides is 1. The van der Waals surface area contributed by atoms with Crippen LogP contribution in [0.1, 0.15) is 28.8 Å². The van der Waals surface area contributed by atoms with E-state index in [0.29, 0.717) is 41.7 Å². The molecule has 4 rings (SSSR count). The minimum Gasteiger partial charge on any atom is -0.455 e. The zero-order valence-electron chi connectivity index (χ0n) is 17.4. The first kappa shape index (κ1) is 21.3. The summed E-state index contributed by atoms with van der Waals surface area (Å²) in [6, 6.07) is 13.9. The molecule has 0 bridgehead atoms. The van der Waals surface area contributed by atoms with Gasteiger partial charge in [0.25, 0.3) is 5.91 Å². The number of rotatable bonds is 4. The topological polar surface area (TPSA) is 96.7 Å². The van der Waals surface area contributed by atoms with Crippen LogP contribution in [-0.2, 0) is 10.0 Å². The van der Waals surface area contributed by atoms with Crippen molar-refractivity contribution >= 4 is 26.9 Å². The first-order chi connectivity index (χ1) is 14.7. The fourth-order valence-corrected chi connectivity index (χ4v) is 4.87. The number of fused-ring (bicyclic) bond motifs is 1. The Morgan fingerprint density at radius 3 is 2.58 bits per heavy atom. The molecule has 1 atom stereocenters. The Labute approximate surface area is 180 Å². The molecule has 0 saturated carbocycles. The number of carbonyl (C=O) groups excluding carboxylic acids is 1. The van der Waals surface area contributed by atoms with Gasteiger partial charge in [-0.1, -0.05) is 36.4 Å². The number of likely N-dealkylation sites (tertiary alicyclic amines) is 1. The zero-order valence-corrected chi connectivity index (χ0v) is 18.2. The van der Waals surface area contributed by atoms with Crippen molar-refractivity contribution < 1.29 is 17.6 Å². The van der Waals surface area contributed by atoms with Crippen molar-refractivity contribution in [2.24, 2.45) is 0 Å². The summed E-state index contributed by atoms with van der Waals surface area (Å²) in [5, 5.41) is 0.353. The van der Waals surface area contributed by atoms with E-state index in [1.54, 1.807) is 30.0 Å². The molecule has 1 fully saturated rings. The average Bonchev–Trinajstić information content (AvgIpc) is 2.75. The first-order valence-electron chi connectivity index (χ1n) is 10.1. The van der Waals surface area contributed by atoms with Crippen LogP contribution in [0.3, 0.4) is 0 Å². The maximum absolute atomic E-state index is 13.4. The number of amides is 1. The van der Waals surface area contributed by atoms with Crippen molar-refractivity contribution in [3.63, 3.8) is 0 Å². The number of hydrogen-bond acceptors (Lipinski definition) is 5. The van der Waals surface area contributed by atoms with Crippen LogP contribution in [0.4, 0.5) is 0 Å². The highest BCUT2D eigenvalue weighted by molar-refractivity contribution is 7.88. The fraction of sp³-hybridized carbons (Fsp3) is 0.304. The summed E-state index contributed by atoms with van der Waals surface area (Å²) in [7, 11) is -3.37. The Balaban J connectivity index is 1.76. The van der Waals surface area contributed by atoms with Crippen molar-refractivity contribution in [3.8, 4) is 11.3 Å². The monoisotopic (exact) mass is 440 g/mol. The molecule has 31 heavy (non-hydrogen) atoms. The number of benzene rings is 2. The van der Waals surface area contributed by atoms with Gasteiger partial charge in [-0.05, 0) is 31.9 Å². The van der Waals surface area contributed by atoms with Gasteiger partial charge in [0.2, 0.25) is 10.0 Å². The van der Waals surface area contributed by atoms with E-state index in [1.807, 2.05) is 30.3 Å². The lowest BCUT2D eigenvalue weighted by Crippen LogP contribution is -2.49. The predicted molar refractivity (Wildman–Crippen MR) is 120 cm³/mol. The van der Waals surface area contributed by atoms with Crippen molar-refractivity contribution in [2.75, 3.05) is 19.3 Å². The van der Waals surface area contributed by atoms with Gasteiger partial charge in [0, 0.05) is 30.3 Å². The Bertz CT molecular complexity index is 1300. The molecule has 8 heteroatoms. The second-order valence-electron chi connectivity index (χ2n) is 7.91. The maximum atomic E-state index is 13.4. The fourth-order valence-electron chi connectivity index (χ4n) is 4.07. The molecule has 1 amide bonds. The summed E-state index contributed by atoms with van der Waals surface area (Å²) in [6.07, 6.45) is 2.46. The highest BCUT2D eigenvalue weighted by Gasteiger charge is 2.28. The number of hydrogen-bond donors (Lipinski definition) is 1. The number of para-hydroxylation sites is 1. The van der Waals surface area contributed by atoms with Crippen LogP contribution in [0.5, 0.6) is 0 Å². The van der Waals surface area contributed by atoms with E-state index < -0.39 is 10.0 Å². The molecule has 0 spiro atoms. The highest BCUT2D eigenvalue weighted by Crippen LogP contribution is 2.28. The normalized spacial score (nSPS) is 17.1. The van der Waals surface area contributed by atoms with Gasteiger partial charge < -0.3 is 9.32 Å². The maximum Gasteiger partial charge on any atom is 0.257 e. The second kappa shape index (κ2) is 8.28. The Hall–Kier alpha value is -2.97.